The number of nitriles is 1. The number of fused-ring (bicyclic) bond motifs is 1. The highest BCUT2D eigenvalue weighted by molar-refractivity contribution is 7.89. The van der Waals surface area contributed by atoms with Crippen LogP contribution in [-0.4, -0.2) is 19.0 Å². The largest absolute Gasteiger partial charge is 0.345 e. The minimum atomic E-state index is -3.65. The molecule has 1 heterocycles. The number of nitrogens with zero attached hydrogens (tertiary/aromatic N) is 2. The molecule has 0 aliphatic heterocycles. The lowest BCUT2D eigenvalue weighted by Crippen LogP contribution is -2.38. The average Bonchev–Trinajstić information content (AvgIpc) is 2.97. The van der Waals surface area contributed by atoms with Crippen molar-refractivity contribution in [1.82, 2.24) is 9.29 Å². The first-order valence-electron chi connectivity index (χ1n) is 9.35. The number of rotatable bonds is 6. The number of aromatic nitrogens is 1. The lowest BCUT2D eigenvalue weighted by molar-refractivity contribution is 0.491. The van der Waals surface area contributed by atoms with Crippen LogP contribution >= 0.6 is 0 Å². The number of aryl methyl sites for hydroxylation is 3. The van der Waals surface area contributed by atoms with E-state index in [0.29, 0.717) is 23.4 Å². The molecule has 0 aliphatic carbocycles. The van der Waals surface area contributed by atoms with E-state index >= 15 is 0 Å². The van der Waals surface area contributed by atoms with E-state index in [-0.39, 0.29) is 7.47 Å². The number of para-hydroxylation sites is 1. The molecule has 1 N–H and O–H groups in total. The standard InChI is InChI=1S/C22H25N3O2S.H2/c1-5-19(14-25-13-18(12-23)20-8-6-7-9-21(20)25)24-28(26,27)22-16(3)10-15(2)11-17(22)4;/h6-11,13,19,24H,5,14H2,1-4H3;1H/t19-;/m0./s1. The molecule has 0 bridgehead atoms. The highest BCUT2D eigenvalue weighted by Gasteiger charge is 2.24. The molecule has 2 aromatic carbocycles. The summed E-state index contributed by atoms with van der Waals surface area (Å²) in [6.07, 6.45) is 2.43. The molecule has 1 aromatic heterocycles. The maximum Gasteiger partial charge on any atom is 0.241 e. The lowest BCUT2D eigenvalue weighted by Gasteiger charge is -2.20. The number of benzene rings is 2. The Bertz CT molecular complexity index is 1150. The quantitative estimate of drug-likeness (QED) is 0.668. The van der Waals surface area contributed by atoms with Crippen LogP contribution in [0.1, 0.15) is 37.0 Å². The monoisotopic (exact) mass is 397 g/mol. The Morgan fingerprint density at radius 1 is 1.18 bits per heavy atom. The smallest absolute Gasteiger partial charge is 0.241 e. The first-order chi connectivity index (χ1) is 13.3. The first-order valence-corrected chi connectivity index (χ1v) is 10.8. The van der Waals surface area contributed by atoms with Crippen LogP contribution in [0.15, 0.2) is 47.5 Å². The Kier molecular flexibility index (Phi) is 5.59. The number of hydrogen-bond acceptors (Lipinski definition) is 3. The zero-order valence-electron chi connectivity index (χ0n) is 16.7. The fourth-order valence-corrected chi connectivity index (χ4v) is 5.61. The minimum absolute atomic E-state index is 0. The van der Waals surface area contributed by atoms with Gasteiger partial charge in [-0.3, -0.25) is 0 Å². The lowest BCUT2D eigenvalue weighted by atomic mass is 10.1. The molecule has 148 valence electrons. The number of nitrogens with one attached hydrogen (secondary N) is 1. The third kappa shape index (κ3) is 3.82. The van der Waals surface area contributed by atoms with Crippen LogP contribution < -0.4 is 4.72 Å². The summed E-state index contributed by atoms with van der Waals surface area (Å²) in [6.45, 7) is 8.03. The summed E-state index contributed by atoms with van der Waals surface area (Å²) in [5.74, 6) is 0. The summed E-state index contributed by atoms with van der Waals surface area (Å²) in [5.41, 5.74) is 4.07. The van der Waals surface area contributed by atoms with Gasteiger partial charge in [-0.1, -0.05) is 42.8 Å². The zero-order valence-corrected chi connectivity index (χ0v) is 17.5. The normalized spacial score (nSPS) is 12.8. The Morgan fingerprint density at radius 2 is 1.82 bits per heavy atom. The van der Waals surface area contributed by atoms with Crippen LogP contribution in [0.5, 0.6) is 0 Å². The van der Waals surface area contributed by atoms with E-state index in [1.807, 2.05) is 68.7 Å². The van der Waals surface area contributed by atoms with Gasteiger partial charge in [-0.05, 0) is 44.4 Å². The predicted molar refractivity (Wildman–Crippen MR) is 114 cm³/mol. The van der Waals surface area contributed by atoms with Crippen molar-refractivity contribution < 1.29 is 9.84 Å². The fourth-order valence-electron chi connectivity index (χ4n) is 3.84. The Labute approximate surface area is 168 Å². The molecule has 0 radical (unpaired) electrons. The minimum Gasteiger partial charge on any atom is -0.345 e. The zero-order chi connectivity index (χ0) is 20.5. The second-order valence-electron chi connectivity index (χ2n) is 7.28. The Balaban J connectivity index is 0.00000300. The van der Waals surface area contributed by atoms with Crippen LogP contribution in [0.25, 0.3) is 10.9 Å². The van der Waals surface area contributed by atoms with Gasteiger partial charge in [-0.25, -0.2) is 13.1 Å². The molecule has 5 nitrogen and oxygen atoms in total. The molecule has 0 fully saturated rings. The molecular weight excluding hydrogens is 370 g/mol. The number of hydrogen-bond donors (Lipinski definition) is 1. The van der Waals surface area contributed by atoms with Crippen molar-refractivity contribution in [2.45, 2.75) is 51.6 Å². The molecular formula is C22H27N3O2S. The molecule has 0 aliphatic rings. The van der Waals surface area contributed by atoms with E-state index in [4.69, 9.17) is 0 Å². The van der Waals surface area contributed by atoms with Crippen LogP contribution in [-0.2, 0) is 16.6 Å². The summed E-state index contributed by atoms with van der Waals surface area (Å²) >= 11 is 0. The summed E-state index contributed by atoms with van der Waals surface area (Å²) in [5, 5.41) is 10.3. The van der Waals surface area contributed by atoms with Gasteiger partial charge < -0.3 is 4.57 Å². The van der Waals surface area contributed by atoms with Gasteiger partial charge in [0, 0.05) is 31.1 Å². The third-order valence-electron chi connectivity index (χ3n) is 5.01. The van der Waals surface area contributed by atoms with Gasteiger partial charge >= 0.3 is 0 Å². The van der Waals surface area contributed by atoms with Gasteiger partial charge in [0.05, 0.1) is 10.5 Å². The van der Waals surface area contributed by atoms with E-state index in [1.54, 1.807) is 6.20 Å². The van der Waals surface area contributed by atoms with Crippen LogP contribution in [0, 0.1) is 32.1 Å². The maximum atomic E-state index is 13.1. The van der Waals surface area contributed by atoms with E-state index in [9.17, 15) is 13.7 Å². The molecule has 1 atom stereocenters. The van der Waals surface area contributed by atoms with E-state index in [2.05, 4.69) is 10.8 Å². The van der Waals surface area contributed by atoms with Crippen molar-refractivity contribution in [1.29, 1.82) is 5.26 Å². The average molecular weight is 398 g/mol. The summed E-state index contributed by atoms with van der Waals surface area (Å²) in [4.78, 5) is 0.353. The topological polar surface area (TPSA) is 74.9 Å². The van der Waals surface area contributed by atoms with Crippen molar-refractivity contribution in [2.24, 2.45) is 0 Å². The van der Waals surface area contributed by atoms with Gasteiger partial charge in [0.2, 0.25) is 10.0 Å². The molecule has 0 saturated heterocycles. The molecule has 28 heavy (non-hydrogen) atoms. The molecule has 0 saturated carbocycles. The number of sulfonamides is 1. The van der Waals surface area contributed by atoms with Crippen LogP contribution in [0.2, 0.25) is 0 Å². The van der Waals surface area contributed by atoms with Crippen molar-refractivity contribution in [3.8, 4) is 6.07 Å². The van der Waals surface area contributed by atoms with E-state index in [0.717, 1.165) is 27.6 Å². The molecule has 3 rings (SSSR count). The van der Waals surface area contributed by atoms with E-state index < -0.39 is 10.0 Å². The molecule has 0 unspecified atom stereocenters. The van der Waals surface area contributed by atoms with Crippen LogP contribution in [0.3, 0.4) is 0 Å². The SMILES string of the molecule is CC[C@@H](Cn1cc(C#N)c2ccccc21)NS(=O)(=O)c1c(C)cc(C)cc1C.[HH]. The highest BCUT2D eigenvalue weighted by Crippen LogP contribution is 2.24. The van der Waals surface area contributed by atoms with Crippen molar-refractivity contribution in [2.75, 3.05) is 0 Å². The van der Waals surface area contributed by atoms with E-state index in [1.165, 1.54) is 0 Å². The second-order valence-corrected chi connectivity index (χ2v) is 8.93. The predicted octanol–water partition coefficient (Wildman–Crippen LogP) is 4.44. The van der Waals surface area contributed by atoms with Gasteiger partial charge in [0.25, 0.3) is 0 Å². The molecule has 0 spiro atoms. The summed E-state index contributed by atoms with van der Waals surface area (Å²) in [6, 6.07) is 13.4. The molecule has 3 aromatic rings. The summed E-state index contributed by atoms with van der Waals surface area (Å²) in [7, 11) is -3.65. The summed E-state index contributed by atoms with van der Waals surface area (Å²) < 4.78 is 31.0. The van der Waals surface area contributed by atoms with Gasteiger partial charge in [0.1, 0.15) is 6.07 Å². The molecule has 0 amide bonds. The highest BCUT2D eigenvalue weighted by atomic mass is 32.2. The fraction of sp³-hybridized carbons (Fsp3) is 0.318. The molecule has 6 heteroatoms. The third-order valence-corrected chi connectivity index (χ3v) is 6.84. The first kappa shape index (κ1) is 20.1. The van der Waals surface area contributed by atoms with Gasteiger partial charge in [0.15, 0.2) is 0 Å². The Morgan fingerprint density at radius 3 is 2.43 bits per heavy atom. The van der Waals surface area contributed by atoms with Gasteiger partial charge in [-0.15, -0.1) is 0 Å². The van der Waals surface area contributed by atoms with Gasteiger partial charge in [-0.2, -0.15) is 5.26 Å². The maximum absolute atomic E-state index is 13.1. The van der Waals surface area contributed by atoms with Crippen molar-refractivity contribution in [3.63, 3.8) is 0 Å². The second kappa shape index (κ2) is 7.78. The Hall–Kier alpha value is -2.62. The van der Waals surface area contributed by atoms with Crippen LogP contribution in [0.4, 0.5) is 0 Å². The van der Waals surface area contributed by atoms with Crippen molar-refractivity contribution in [3.05, 3.63) is 64.8 Å². The van der Waals surface area contributed by atoms with Crippen molar-refractivity contribution >= 4 is 20.9 Å².